The lowest BCUT2D eigenvalue weighted by Gasteiger charge is -1.95. The van der Waals surface area contributed by atoms with Crippen molar-refractivity contribution < 1.29 is 9.90 Å². The van der Waals surface area contributed by atoms with Crippen LogP contribution in [-0.4, -0.2) is 21.8 Å². The molecule has 0 aliphatic carbocycles. The van der Waals surface area contributed by atoms with Gasteiger partial charge in [-0.15, -0.1) is 11.3 Å². The summed E-state index contributed by atoms with van der Waals surface area (Å²) in [7, 11) is 0. The quantitative estimate of drug-likeness (QED) is 0.862. The van der Waals surface area contributed by atoms with Gasteiger partial charge in [-0.25, -0.2) is 4.98 Å². The fraction of sp³-hybridized carbons (Fsp3) is 0.333. The highest BCUT2D eigenvalue weighted by atomic mass is 32.2. The number of rotatable bonds is 4. The maximum absolute atomic E-state index is 10.4. The van der Waals surface area contributed by atoms with Crippen LogP contribution in [0.15, 0.2) is 16.5 Å². The van der Waals surface area contributed by atoms with Gasteiger partial charge in [-0.1, -0.05) is 17.8 Å². The van der Waals surface area contributed by atoms with E-state index in [4.69, 9.17) is 5.11 Å². The SMILES string of the molecule is Cc1cc(C)c2nc(SCCC(=O)O)sc2c1. The number of benzene rings is 1. The molecule has 3 nitrogen and oxygen atoms in total. The average Bonchev–Trinajstić information content (AvgIpc) is 2.60. The van der Waals surface area contributed by atoms with E-state index in [2.05, 4.69) is 31.0 Å². The van der Waals surface area contributed by atoms with Crippen molar-refractivity contribution in [3.8, 4) is 0 Å². The van der Waals surface area contributed by atoms with Crippen LogP contribution in [0, 0.1) is 13.8 Å². The molecule has 90 valence electrons. The van der Waals surface area contributed by atoms with Gasteiger partial charge >= 0.3 is 5.97 Å². The summed E-state index contributed by atoms with van der Waals surface area (Å²) in [6.07, 6.45) is 0.179. The average molecular weight is 267 g/mol. The van der Waals surface area contributed by atoms with Crippen LogP contribution < -0.4 is 0 Å². The normalized spacial score (nSPS) is 10.9. The molecule has 0 radical (unpaired) electrons. The zero-order valence-corrected chi connectivity index (χ0v) is 11.3. The molecule has 0 aliphatic rings. The maximum atomic E-state index is 10.4. The van der Waals surface area contributed by atoms with Gasteiger partial charge in [0.2, 0.25) is 0 Å². The van der Waals surface area contributed by atoms with E-state index in [1.807, 2.05) is 0 Å². The van der Waals surface area contributed by atoms with E-state index in [1.165, 1.54) is 27.6 Å². The molecular formula is C12H13NO2S2. The minimum absolute atomic E-state index is 0.179. The Hall–Kier alpha value is -1.07. The molecule has 0 amide bonds. The molecule has 1 aromatic carbocycles. The monoisotopic (exact) mass is 267 g/mol. The summed E-state index contributed by atoms with van der Waals surface area (Å²) < 4.78 is 2.13. The molecule has 0 atom stereocenters. The lowest BCUT2D eigenvalue weighted by molar-refractivity contribution is -0.136. The van der Waals surface area contributed by atoms with E-state index in [0.717, 1.165) is 9.86 Å². The van der Waals surface area contributed by atoms with E-state index in [1.54, 1.807) is 11.3 Å². The molecule has 1 aromatic heterocycles. The van der Waals surface area contributed by atoms with Gasteiger partial charge < -0.3 is 5.11 Å². The van der Waals surface area contributed by atoms with E-state index < -0.39 is 5.97 Å². The van der Waals surface area contributed by atoms with Gasteiger partial charge in [0, 0.05) is 5.75 Å². The van der Waals surface area contributed by atoms with Crippen molar-refractivity contribution in [2.45, 2.75) is 24.6 Å². The zero-order valence-electron chi connectivity index (χ0n) is 9.69. The van der Waals surface area contributed by atoms with Crippen molar-refractivity contribution in [2.24, 2.45) is 0 Å². The summed E-state index contributed by atoms with van der Waals surface area (Å²) in [5.74, 6) is -0.182. The number of hydrogen-bond donors (Lipinski definition) is 1. The summed E-state index contributed by atoms with van der Waals surface area (Å²) in [6.45, 7) is 4.13. The molecule has 0 aliphatic heterocycles. The number of fused-ring (bicyclic) bond motifs is 1. The standard InChI is InChI=1S/C12H13NO2S2/c1-7-5-8(2)11-9(6-7)17-12(13-11)16-4-3-10(14)15/h5-6H,3-4H2,1-2H3,(H,14,15). The first-order chi connectivity index (χ1) is 8.06. The Morgan fingerprint density at radius 2 is 2.24 bits per heavy atom. The summed E-state index contributed by atoms with van der Waals surface area (Å²) in [5.41, 5.74) is 3.46. The number of carboxylic acids is 1. The van der Waals surface area contributed by atoms with Crippen molar-refractivity contribution in [3.05, 3.63) is 23.3 Å². The van der Waals surface area contributed by atoms with Gasteiger partial charge in [-0.3, -0.25) is 4.79 Å². The molecule has 0 saturated carbocycles. The Labute approximate surface area is 108 Å². The first-order valence-electron chi connectivity index (χ1n) is 5.28. The minimum Gasteiger partial charge on any atom is -0.481 e. The smallest absolute Gasteiger partial charge is 0.304 e. The van der Waals surface area contributed by atoms with E-state index in [-0.39, 0.29) is 6.42 Å². The Kier molecular flexibility index (Phi) is 3.69. The van der Waals surface area contributed by atoms with Gasteiger partial charge in [-0.05, 0) is 31.0 Å². The number of carbonyl (C=O) groups is 1. The van der Waals surface area contributed by atoms with Crippen molar-refractivity contribution >= 4 is 39.3 Å². The Morgan fingerprint density at radius 1 is 1.47 bits per heavy atom. The van der Waals surface area contributed by atoms with Crippen LogP contribution in [0.1, 0.15) is 17.5 Å². The number of aryl methyl sites for hydroxylation is 2. The fourth-order valence-corrected chi connectivity index (χ4v) is 3.87. The second-order valence-electron chi connectivity index (χ2n) is 3.90. The number of nitrogens with zero attached hydrogens (tertiary/aromatic N) is 1. The summed E-state index contributed by atoms with van der Waals surface area (Å²) >= 11 is 3.15. The number of hydrogen-bond acceptors (Lipinski definition) is 4. The highest BCUT2D eigenvalue weighted by Gasteiger charge is 2.08. The van der Waals surface area contributed by atoms with E-state index in [0.29, 0.717) is 5.75 Å². The predicted octanol–water partition coefficient (Wildman–Crippen LogP) is 3.48. The third kappa shape index (κ3) is 2.98. The van der Waals surface area contributed by atoms with E-state index >= 15 is 0 Å². The van der Waals surface area contributed by atoms with Crippen LogP contribution in [0.2, 0.25) is 0 Å². The molecule has 0 spiro atoms. The van der Waals surface area contributed by atoms with Gasteiger partial charge in [-0.2, -0.15) is 0 Å². The molecule has 2 aromatic rings. The molecule has 0 unspecified atom stereocenters. The highest BCUT2D eigenvalue weighted by molar-refractivity contribution is 8.01. The number of thioether (sulfide) groups is 1. The van der Waals surface area contributed by atoms with Crippen LogP contribution >= 0.6 is 23.1 Å². The van der Waals surface area contributed by atoms with Crippen molar-refractivity contribution in [1.29, 1.82) is 0 Å². The largest absolute Gasteiger partial charge is 0.481 e. The summed E-state index contributed by atoms with van der Waals surface area (Å²) in [4.78, 5) is 15.0. The molecule has 0 fully saturated rings. The Bertz CT molecular complexity index is 563. The highest BCUT2D eigenvalue weighted by Crippen LogP contribution is 2.32. The first kappa shape index (κ1) is 12.4. The van der Waals surface area contributed by atoms with Crippen LogP contribution in [-0.2, 0) is 4.79 Å². The van der Waals surface area contributed by atoms with Crippen LogP contribution in [0.3, 0.4) is 0 Å². The fourth-order valence-electron chi connectivity index (χ4n) is 1.64. The van der Waals surface area contributed by atoms with Crippen LogP contribution in [0.5, 0.6) is 0 Å². The number of aromatic nitrogens is 1. The van der Waals surface area contributed by atoms with E-state index in [9.17, 15) is 4.79 Å². The van der Waals surface area contributed by atoms with Crippen molar-refractivity contribution in [3.63, 3.8) is 0 Å². The first-order valence-corrected chi connectivity index (χ1v) is 7.09. The van der Waals surface area contributed by atoms with Gasteiger partial charge in [0.1, 0.15) is 0 Å². The second kappa shape index (κ2) is 5.06. The Balaban J connectivity index is 2.20. The molecule has 2 rings (SSSR count). The second-order valence-corrected chi connectivity index (χ2v) is 6.27. The van der Waals surface area contributed by atoms with Crippen LogP contribution in [0.4, 0.5) is 0 Å². The van der Waals surface area contributed by atoms with Crippen molar-refractivity contribution in [2.75, 3.05) is 5.75 Å². The van der Waals surface area contributed by atoms with Crippen LogP contribution in [0.25, 0.3) is 10.2 Å². The predicted molar refractivity (Wildman–Crippen MR) is 72.1 cm³/mol. The molecular weight excluding hydrogens is 254 g/mol. The van der Waals surface area contributed by atoms with Gasteiger partial charge in [0.15, 0.2) is 4.34 Å². The third-order valence-electron chi connectivity index (χ3n) is 2.35. The summed E-state index contributed by atoms with van der Waals surface area (Å²) in [5, 5.41) is 8.58. The Morgan fingerprint density at radius 3 is 2.94 bits per heavy atom. The number of thiazole rings is 1. The number of carboxylic acid groups (broad SMARTS) is 1. The zero-order chi connectivity index (χ0) is 12.4. The minimum atomic E-state index is -0.759. The maximum Gasteiger partial charge on any atom is 0.304 e. The lowest BCUT2D eigenvalue weighted by Crippen LogP contribution is -1.95. The van der Waals surface area contributed by atoms with Gasteiger partial charge in [0.25, 0.3) is 0 Å². The lowest BCUT2D eigenvalue weighted by atomic mass is 10.1. The molecule has 1 heterocycles. The van der Waals surface area contributed by atoms with Crippen molar-refractivity contribution in [1.82, 2.24) is 4.98 Å². The molecule has 1 N–H and O–H groups in total. The topological polar surface area (TPSA) is 50.2 Å². The molecule has 17 heavy (non-hydrogen) atoms. The molecule has 5 heteroatoms. The molecule has 0 saturated heterocycles. The third-order valence-corrected chi connectivity index (χ3v) is 4.50. The number of aliphatic carboxylic acids is 1. The molecule has 0 bridgehead atoms. The summed E-state index contributed by atoms with van der Waals surface area (Å²) in [6, 6.07) is 4.25. The van der Waals surface area contributed by atoms with Gasteiger partial charge in [0.05, 0.1) is 16.6 Å².